The highest BCUT2D eigenvalue weighted by molar-refractivity contribution is 5.95. The molecule has 0 amide bonds. The predicted octanol–water partition coefficient (Wildman–Crippen LogP) is 0.589. The Hall–Kier alpha value is -0.860. The van der Waals surface area contributed by atoms with Gasteiger partial charge in [0.25, 0.3) is 0 Å². The van der Waals surface area contributed by atoms with E-state index in [1.165, 1.54) is 7.11 Å². The first-order valence-electron chi connectivity index (χ1n) is 2.27. The quantitative estimate of drug-likeness (QED) is 0.423. The van der Waals surface area contributed by atoms with E-state index in [1.807, 2.05) is 0 Å². The van der Waals surface area contributed by atoms with Gasteiger partial charge in [0.1, 0.15) is 0 Å². The molecule has 0 aliphatic heterocycles. The molecular weight excluding hydrogens is 106 g/mol. The topological polar surface area (TPSA) is 50.2 Å². The Morgan fingerprint density at radius 1 is 1.75 bits per heavy atom. The molecule has 0 rings (SSSR count). The molecule has 8 heavy (non-hydrogen) atoms. The number of carbonyl (C=O) groups is 1. The van der Waals surface area contributed by atoms with Crippen LogP contribution in [0.5, 0.6) is 0 Å². The van der Waals surface area contributed by atoms with E-state index in [1.54, 1.807) is 6.92 Å². The average molecular weight is 115 g/mol. The van der Waals surface area contributed by atoms with Crippen molar-refractivity contribution in [2.24, 2.45) is 0 Å². The fourth-order valence-corrected chi connectivity index (χ4v) is 0.289. The van der Waals surface area contributed by atoms with Crippen molar-refractivity contribution in [2.75, 3.05) is 7.11 Å². The lowest BCUT2D eigenvalue weighted by atomic mass is 10.3. The van der Waals surface area contributed by atoms with Crippen LogP contribution in [0.3, 0.4) is 0 Å². The largest absolute Gasteiger partial charge is 0.469 e. The van der Waals surface area contributed by atoms with Gasteiger partial charge in [-0.1, -0.05) is 0 Å². The van der Waals surface area contributed by atoms with Crippen molar-refractivity contribution in [2.45, 2.75) is 13.3 Å². The van der Waals surface area contributed by atoms with Gasteiger partial charge < -0.3 is 10.1 Å². The molecule has 0 aromatic rings. The van der Waals surface area contributed by atoms with Crippen molar-refractivity contribution in [1.82, 2.24) is 0 Å². The highest BCUT2D eigenvalue weighted by atomic mass is 16.5. The number of carbonyl (C=O) groups excluding carboxylic acids is 1. The predicted molar refractivity (Wildman–Crippen MR) is 30.0 cm³/mol. The second-order valence-corrected chi connectivity index (χ2v) is 1.53. The third-order valence-corrected chi connectivity index (χ3v) is 0.637. The summed E-state index contributed by atoms with van der Waals surface area (Å²) in [7, 11) is 1.31. The van der Waals surface area contributed by atoms with Crippen molar-refractivity contribution in [1.29, 1.82) is 5.41 Å². The van der Waals surface area contributed by atoms with E-state index in [-0.39, 0.29) is 12.4 Å². The van der Waals surface area contributed by atoms with Crippen molar-refractivity contribution in [3.05, 3.63) is 0 Å². The van der Waals surface area contributed by atoms with E-state index < -0.39 is 0 Å². The minimum atomic E-state index is -0.350. The summed E-state index contributed by atoms with van der Waals surface area (Å²) in [6, 6.07) is 0. The molecule has 46 valence electrons. The van der Waals surface area contributed by atoms with Crippen molar-refractivity contribution in [3.63, 3.8) is 0 Å². The van der Waals surface area contributed by atoms with E-state index in [0.29, 0.717) is 5.71 Å². The molecule has 0 atom stereocenters. The molecule has 0 fully saturated rings. The van der Waals surface area contributed by atoms with Crippen molar-refractivity contribution < 1.29 is 9.53 Å². The van der Waals surface area contributed by atoms with Gasteiger partial charge in [0, 0.05) is 5.71 Å². The number of methoxy groups -OCH3 is 1. The van der Waals surface area contributed by atoms with Gasteiger partial charge in [-0.3, -0.25) is 4.79 Å². The summed E-state index contributed by atoms with van der Waals surface area (Å²) in [5.74, 6) is -0.350. The van der Waals surface area contributed by atoms with E-state index in [0.717, 1.165) is 0 Å². The molecule has 0 aromatic carbocycles. The van der Waals surface area contributed by atoms with Crippen LogP contribution in [-0.4, -0.2) is 18.8 Å². The van der Waals surface area contributed by atoms with Crippen molar-refractivity contribution >= 4 is 11.7 Å². The van der Waals surface area contributed by atoms with E-state index in [4.69, 9.17) is 5.41 Å². The number of hydrogen-bond acceptors (Lipinski definition) is 3. The van der Waals surface area contributed by atoms with Gasteiger partial charge in [-0.15, -0.1) is 0 Å². The zero-order valence-electron chi connectivity index (χ0n) is 5.02. The molecule has 0 radical (unpaired) electrons. The minimum Gasteiger partial charge on any atom is -0.469 e. The molecule has 0 spiro atoms. The van der Waals surface area contributed by atoms with Crippen molar-refractivity contribution in [3.8, 4) is 0 Å². The Bertz CT molecular complexity index is 109. The molecule has 0 heterocycles. The van der Waals surface area contributed by atoms with Crippen LogP contribution in [0, 0.1) is 5.41 Å². The van der Waals surface area contributed by atoms with Crippen LogP contribution in [-0.2, 0) is 9.53 Å². The third-order valence-electron chi connectivity index (χ3n) is 0.637. The molecular formula is C5H9NO2. The number of esters is 1. The second kappa shape index (κ2) is 3.18. The number of nitrogens with one attached hydrogen (secondary N) is 1. The van der Waals surface area contributed by atoms with Crippen LogP contribution in [0.4, 0.5) is 0 Å². The maximum absolute atomic E-state index is 10.3. The molecule has 0 saturated heterocycles. The smallest absolute Gasteiger partial charge is 0.311 e. The fourth-order valence-electron chi connectivity index (χ4n) is 0.289. The Balaban J connectivity index is 3.40. The molecule has 0 aliphatic rings. The molecule has 0 unspecified atom stereocenters. The monoisotopic (exact) mass is 115 g/mol. The molecule has 3 nitrogen and oxygen atoms in total. The van der Waals surface area contributed by atoms with E-state index in [2.05, 4.69) is 4.74 Å². The molecule has 3 heteroatoms. The summed E-state index contributed by atoms with van der Waals surface area (Å²) in [5, 5.41) is 6.83. The Morgan fingerprint density at radius 3 is 2.38 bits per heavy atom. The SMILES string of the molecule is COC(=O)CC(C)=N. The first-order chi connectivity index (χ1) is 3.66. The van der Waals surface area contributed by atoms with Gasteiger partial charge in [-0.2, -0.15) is 0 Å². The van der Waals surface area contributed by atoms with E-state index >= 15 is 0 Å². The molecule has 1 N–H and O–H groups in total. The molecule has 0 aromatic heterocycles. The molecule has 0 saturated carbocycles. The van der Waals surface area contributed by atoms with Crippen LogP contribution in [0.15, 0.2) is 0 Å². The van der Waals surface area contributed by atoms with Crippen LogP contribution >= 0.6 is 0 Å². The zero-order chi connectivity index (χ0) is 6.57. The lowest BCUT2D eigenvalue weighted by molar-refractivity contribution is -0.139. The summed E-state index contributed by atoms with van der Waals surface area (Å²) in [6.07, 6.45) is 0.108. The molecule has 0 bridgehead atoms. The lowest BCUT2D eigenvalue weighted by Gasteiger charge is -1.93. The average Bonchev–Trinajstić information content (AvgIpc) is 1.65. The fraction of sp³-hybridized carbons (Fsp3) is 0.600. The summed E-state index contributed by atoms with van der Waals surface area (Å²) in [4.78, 5) is 10.3. The summed E-state index contributed by atoms with van der Waals surface area (Å²) >= 11 is 0. The Labute approximate surface area is 48.2 Å². The second-order valence-electron chi connectivity index (χ2n) is 1.53. The lowest BCUT2D eigenvalue weighted by Crippen LogP contribution is -2.04. The first-order valence-corrected chi connectivity index (χ1v) is 2.27. The highest BCUT2D eigenvalue weighted by Crippen LogP contribution is 1.83. The summed E-state index contributed by atoms with van der Waals surface area (Å²) in [6.45, 7) is 1.57. The highest BCUT2D eigenvalue weighted by Gasteiger charge is 1.98. The Kier molecular flexibility index (Phi) is 2.84. The van der Waals surface area contributed by atoms with Gasteiger partial charge in [-0.25, -0.2) is 0 Å². The maximum Gasteiger partial charge on any atom is 0.311 e. The van der Waals surface area contributed by atoms with Crippen LogP contribution in [0.1, 0.15) is 13.3 Å². The standard InChI is InChI=1S/C5H9NO2/c1-4(6)3-5(7)8-2/h6H,3H2,1-2H3. The van der Waals surface area contributed by atoms with E-state index in [9.17, 15) is 4.79 Å². The zero-order valence-corrected chi connectivity index (χ0v) is 5.02. The van der Waals surface area contributed by atoms with Gasteiger partial charge in [0.2, 0.25) is 0 Å². The van der Waals surface area contributed by atoms with Gasteiger partial charge >= 0.3 is 5.97 Å². The first kappa shape index (κ1) is 7.14. The normalized spacial score (nSPS) is 8.25. The van der Waals surface area contributed by atoms with Crippen LogP contribution in [0.25, 0.3) is 0 Å². The number of ether oxygens (including phenoxy) is 1. The Morgan fingerprint density at radius 2 is 2.25 bits per heavy atom. The number of rotatable bonds is 2. The minimum absolute atomic E-state index is 0.108. The summed E-state index contributed by atoms with van der Waals surface area (Å²) in [5.41, 5.74) is 0.330. The van der Waals surface area contributed by atoms with Gasteiger partial charge in [0.15, 0.2) is 0 Å². The van der Waals surface area contributed by atoms with Gasteiger partial charge in [0.05, 0.1) is 13.5 Å². The van der Waals surface area contributed by atoms with Gasteiger partial charge in [-0.05, 0) is 6.92 Å². The van der Waals surface area contributed by atoms with Crippen LogP contribution in [0.2, 0.25) is 0 Å². The molecule has 0 aliphatic carbocycles. The summed E-state index contributed by atoms with van der Waals surface area (Å²) < 4.78 is 4.28. The number of hydrogen-bond donors (Lipinski definition) is 1. The third kappa shape index (κ3) is 3.33. The van der Waals surface area contributed by atoms with Crippen LogP contribution < -0.4 is 0 Å². The maximum atomic E-state index is 10.3.